The first-order valence-electron chi connectivity index (χ1n) is 9.72. The van der Waals surface area contributed by atoms with E-state index in [1.165, 1.54) is 26.8 Å². The molecule has 5 heteroatoms. The van der Waals surface area contributed by atoms with Gasteiger partial charge < -0.3 is 0 Å². The largest absolute Gasteiger partial charge is 0.417 e. The smallest absolute Gasteiger partial charge is 0.166 e. The van der Waals surface area contributed by atoms with Crippen LogP contribution in [-0.4, -0.2) is 6.26 Å². The average molecular weight is 455 g/mol. The van der Waals surface area contributed by atoms with Crippen molar-refractivity contribution in [1.82, 2.24) is 0 Å². The van der Waals surface area contributed by atoms with E-state index in [1.54, 1.807) is 6.07 Å². The van der Waals surface area contributed by atoms with Crippen molar-refractivity contribution in [3.05, 3.63) is 115 Å². The van der Waals surface area contributed by atoms with Gasteiger partial charge in [-0.3, -0.25) is 0 Å². The van der Waals surface area contributed by atoms with E-state index in [-0.39, 0.29) is 4.90 Å². The molecule has 158 valence electrons. The second kappa shape index (κ2) is 8.85. The van der Waals surface area contributed by atoms with E-state index in [0.29, 0.717) is 0 Å². The average Bonchev–Trinajstić information content (AvgIpc) is 2.80. The number of alkyl halides is 3. The zero-order valence-electron chi connectivity index (χ0n) is 16.8. The van der Waals surface area contributed by atoms with Crippen LogP contribution < -0.4 is 0 Å². The third-order valence-corrected chi connectivity index (χ3v) is 9.87. The Morgan fingerprint density at radius 3 is 1.55 bits per heavy atom. The van der Waals surface area contributed by atoms with E-state index in [0.717, 1.165) is 22.7 Å². The van der Waals surface area contributed by atoms with Gasteiger partial charge in [0.15, 0.2) is 0 Å². The quantitative estimate of drug-likeness (QED) is 0.290. The van der Waals surface area contributed by atoms with Gasteiger partial charge >= 0.3 is 6.18 Å². The van der Waals surface area contributed by atoms with Crippen molar-refractivity contribution in [2.75, 3.05) is 6.26 Å². The number of hydrogen-bond acceptors (Lipinski definition) is 1. The summed E-state index contributed by atoms with van der Waals surface area (Å²) in [7, 11) is -1.49. The predicted molar refractivity (Wildman–Crippen MR) is 123 cm³/mol. The van der Waals surface area contributed by atoms with Crippen LogP contribution in [0.5, 0.6) is 0 Å². The van der Waals surface area contributed by atoms with Crippen LogP contribution in [0.2, 0.25) is 0 Å². The van der Waals surface area contributed by atoms with Crippen LogP contribution in [0, 0.1) is 0 Å². The van der Waals surface area contributed by atoms with Gasteiger partial charge in [-0.1, -0.05) is 60.3 Å². The molecule has 0 atom stereocenters. The molecule has 0 saturated heterocycles. The Labute approximate surface area is 186 Å². The maximum absolute atomic E-state index is 13.3. The fraction of sp³-hybridized carbons (Fsp3) is 0.0769. The standard InChI is InChI=1S/C26H21F3S2/c1-31(21-10-4-2-5-11-21,22-12-6-3-7-13-22)23-18-16-20(17-19-23)30-25-15-9-8-14-24(25)26(27,28)29/h2-19H,1H3. The first-order valence-corrected chi connectivity index (χ1v) is 12.6. The fourth-order valence-corrected chi connectivity index (χ4v) is 7.36. The van der Waals surface area contributed by atoms with Crippen LogP contribution in [-0.2, 0) is 6.18 Å². The maximum Gasteiger partial charge on any atom is 0.417 e. The first-order chi connectivity index (χ1) is 14.9. The predicted octanol–water partition coefficient (Wildman–Crippen LogP) is 8.77. The van der Waals surface area contributed by atoms with Gasteiger partial charge in [-0.15, -0.1) is 0 Å². The van der Waals surface area contributed by atoms with Crippen molar-refractivity contribution in [1.29, 1.82) is 0 Å². The molecule has 0 aliphatic carbocycles. The van der Waals surface area contributed by atoms with Crippen LogP contribution in [0.15, 0.2) is 134 Å². The summed E-state index contributed by atoms with van der Waals surface area (Å²) in [4.78, 5) is 4.64. The lowest BCUT2D eigenvalue weighted by Crippen LogP contribution is -2.06. The molecule has 4 aromatic carbocycles. The van der Waals surface area contributed by atoms with Gasteiger partial charge in [0.2, 0.25) is 0 Å². The summed E-state index contributed by atoms with van der Waals surface area (Å²) >= 11 is 1.14. The molecule has 0 spiro atoms. The van der Waals surface area contributed by atoms with Crippen molar-refractivity contribution in [3.63, 3.8) is 0 Å². The highest BCUT2D eigenvalue weighted by Crippen LogP contribution is 2.65. The highest BCUT2D eigenvalue weighted by Gasteiger charge is 2.33. The van der Waals surface area contributed by atoms with Crippen molar-refractivity contribution in [3.8, 4) is 0 Å². The maximum atomic E-state index is 13.3. The Morgan fingerprint density at radius 2 is 1.03 bits per heavy atom. The normalized spacial score (nSPS) is 12.5. The number of benzene rings is 4. The Balaban J connectivity index is 1.71. The summed E-state index contributed by atoms with van der Waals surface area (Å²) in [6.07, 6.45) is -2.11. The zero-order valence-corrected chi connectivity index (χ0v) is 18.5. The summed E-state index contributed by atoms with van der Waals surface area (Å²) in [5.41, 5.74) is -0.604. The minimum absolute atomic E-state index is 0.212. The molecule has 0 unspecified atom stereocenters. The Morgan fingerprint density at radius 1 is 0.581 bits per heavy atom. The van der Waals surface area contributed by atoms with Crippen molar-refractivity contribution >= 4 is 21.8 Å². The van der Waals surface area contributed by atoms with E-state index < -0.39 is 21.8 Å². The molecule has 0 bridgehead atoms. The number of halogens is 3. The van der Waals surface area contributed by atoms with Gasteiger partial charge in [0.05, 0.1) is 5.56 Å². The molecule has 0 heterocycles. The summed E-state index contributed by atoms with van der Waals surface area (Å²) in [5, 5.41) is 0. The Kier molecular flexibility index (Phi) is 6.17. The third-order valence-electron chi connectivity index (χ3n) is 5.14. The molecule has 0 saturated carbocycles. The molecule has 0 aliphatic heterocycles. The number of rotatable bonds is 5. The van der Waals surface area contributed by atoms with Gasteiger partial charge in [0, 0.05) is 9.79 Å². The van der Waals surface area contributed by atoms with Crippen molar-refractivity contribution in [2.24, 2.45) is 0 Å². The molecular weight excluding hydrogens is 433 g/mol. The molecule has 4 aromatic rings. The second-order valence-electron chi connectivity index (χ2n) is 7.11. The third kappa shape index (κ3) is 4.53. The van der Waals surface area contributed by atoms with Crippen molar-refractivity contribution in [2.45, 2.75) is 30.7 Å². The van der Waals surface area contributed by atoms with Gasteiger partial charge in [0.1, 0.15) is 0 Å². The molecule has 0 N–H and O–H groups in total. The molecule has 31 heavy (non-hydrogen) atoms. The molecule has 0 amide bonds. The molecule has 0 nitrogen and oxygen atoms in total. The van der Waals surface area contributed by atoms with Gasteiger partial charge in [-0.2, -0.15) is 23.2 Å². The first kappa shape index (κ1) is 21.6. The van der Waals surface area contributed by atoms with Crippen LogP contribution in [0.4, 0.5) is 13.2 Å². The minimum atomic E-state index is -4.37. The SMILES string of the molecule is CS(c1ccccc1)(c1ccccc1)c1ccc(Sc2ccccc2C(F)(F)F)cc1. The summed E-state index contributed by atoms with van der Waals surface area (Å²) in [5.74, 6) is 0. The van der Waals surface area contributed by atoms with E-state index in [9.17, 15) is 13.2 Å². The van der Waals surface area contributed by atoms with Gasteiger partial charge in [0.25, 0.3) is 0 Å². The molecule has 0 fully saturated rings. The van der Waals surface area contributed by atoms with Crippen molar-refractivity contribution < 1.29 is 13.2 Å². The lowest BCUT2D eigenvalue weighted by atomic mass is 10.2. The highest BCUT2D eigenvalue weighted by atomic mass is 32.3. The van der Waals surface area contributed by atoms with Gasteiger partial charge in [-0.05, 0) is 81.6 Å². The zero-order chi connectivity index (χ0) is 21.9. The summed E-state index contributed by atoms with van der Waals surface area (Å²) in [6.45, 7) is 0. The van der Waals surface area contributed by atoms with Crippen LogP contribution in [0.1, 0.15) is 5.56 Å². The lowest BCUT2D eigenvalue weighted by molar-refractivity contribution is -0.139. The fourth-order valence-electron chi connectivity index (χ4n) is 3.49. The Bertz CT molecular complexity index is 1100. The number of hydrogen-bond donors (Lipinski definition) is 0. The van der Waals surface area contributed by atoms with Crippen LogP contribution >= 0.6 is 21.8 Å². The lowest BCUT2D eigenvalue weighted by Gasteiger charge is -2.37. The van der Waals surface area contributed by atoms with E-state index in [4.69, 9.17) is 0 Å². The molecule has 4 rings (SSSR count). The molecule has 0 aliphatic rings. The van der Waals surface area contributed by atoms with Crippen LogP contribution in [0.25, 0.3) is 0 Å². The van der Waals surface area contributed by atoms with Gasteiger partial charge in [-0.25, -0.2) is 0 Å². The molecular formula is C26H21F3S2. The highest BCUT2D eigenvalue weighted by molar-refractivity contribution is 8.33. The summed E-state index contributed by atoms with van der Waals surface area (Å²) in [6, 6.07) is 34.4. The van der Waals surface area contributed by atoms with E-state index in [2.05, 4.69) is 30.5 Å². The van der Waals surface area contributed by atoms with E-state index >= 15 is 0 Å². The Hall–Kier alpha value is -2.63. The molecule has 0 aromatic heterocycles. The monoisotopic (exact) mass is 454 g/mol. The van der Waals surface area contributed by atoms with Crippen LogP contribution in [0.3, 0.4) is 0 Å². The van der Waals surface area contributed by atoms with E-state index in [1.807, 2.05) is 60.7 Å². The minimum Gasteiger partial charge on any atom is -0.166 e. The molecule has 0 radical (unpaired) electrons. The topological polar surface area (TPSA) is 0 Å². The second-order valence-corrected chi connectivity index (χ2v) is 11.5. The summed E-state index contributed by atoms with van der Waals surface area (Å²) < 4.78 is 40.0.